The molecule has 3 aromatic carbocycles. The first-order valence-electron chi connectivity index (χ1n) is 10.7. The molecule has 0 spiro atoms. The lowest BCUT2D eigenvalue weighted by Gasteiger charge is -2.28. The molecule has 0 bridgehead atoms. The molecule has 7 nitrogen and oxygen atoms in total. The normalized spacial score (nSPS) is 11.5. The highest BCUT2D eigenvalue weighted by Crippen LogP contribution is 2.21. The van der Waals surface area contributed by atoms with Crippen LogP contribution < -0.4 is 20.1 Å². The number of carbonyl (C=O) groups excluding carboxylic acids is 2. The van der Waals surface area contributed by atoms with Gasteiger partial charge in [0.05, 0.1) is 27.3 Å². The van der Waals surface area contributed by atoms with Gasteiger partial charge in [0.2, 0.25) is 11.8 Å². The molecule has 0 saturated carbocycles. The van der Waals surface area contributed by atoms with E-state index in [1.54, 1.807) is 62.8 Å². The summed E-state index contributed by atoms with van der Waals surface area (Å²) in [7, 11) is 3.18. The Morgan fingerprint density at radius 3 is 1.55 bits per heavy atom. The Bertz CT molecular complexity index is 974. The SMILES string of the molecule is COc1ccc(NC(=O)CN(CC(=O)Nc2ccc(OC)cc2)C(C)c2ccccc2)cc1. The number of ether oxygens (including phenoxy) is 2. The predicted octanol–water partition coefficient (Wildman–Crippen LogP) is 4.34. The van der Waals surface area contributed by atoms with Crippen LogP contribution in [0.25, 0.3) is 0 Å². The van der Waals surface area contributed by atoms with E-state index in [-0.39, 0.29) is 30.9 Å². The van der Waals surface area contributed by atoms with Gasteiger partial charge in [-0.15, -0.1) is 0 Å². The molecule has 0 radical (unpaired) electrons. The van der Waals surface area contributed by atoms with E-state index in [1.165, 1.54) is 0 Å². The Morgan fingerprint density at radius 2 is 1.15 bits per heavy atom. The molecule has 3 aromatic rings. The third-order valence-electron chi connectivity index (χ3n) is 5.27. The van der Waals surface area contributed by atoms with Crippen LogP contribution >= 0.6 is 0 Å². The van der Waals surface area contributed by atoms with Gasteiger partial charge in [-0.2, -0.15) is 0 Å². The minimum absolute atomic E-state index is 0.0537. The summed E-state index contributed by atoms with van der Waals surface area (Å²) in [6, 6.07) is 23.9. The van der Waals surface area contributed by atoms with Gasteiger partial charge in [-0.25, -0.2) is 0 Å². The summed E-state index contributed by atoms with van der Waals surface area (Å²) >= 11 is 0. The molecule has 2 N–H and O–H groups in total. The summed E-state index contributed by atoms with van der Waals surface area (Å²) in [5, 5.41) is 5.77. The van der Waals surface area contributed by atoms with Gasteiger partial charge in [0.1, 0.15) is 11.5 Å². The second-order valence-corrected chi connectivity index (χ2v) is 7.54. The molecule has 33 heavy (non-hydrogen) atoms. The van der Waals surface area contributed by atoms with Crippen LogP contribution in [0.5, 0.6) is 11.5 Å². The fourth-order valence-corrected chi connectivity index (χ4v) is 3.39. The van der Waals surface area contributed by atoms with E-state index in [0.29, 0.717) is 22.9 Å². The maximum atomic E-state index is 12.8. The lowest BCUT2D eigenvalue weighted by atomic mass is 10.1. The summed E-state index contributed by atoms with van der Waals surface area (Å²) < 4.78 is 10.3. The summed E-state index contributed by atoms with van der Waals surface area (Å²) in [6.07, 6.45) is 0. The van der Waals surface area contributed by atoms with Crippen molar-refractivity contribution in [3.05, 3.63) is 84.4 Å². The number of rotatable bonds is 10. The smallest absolute Gasteiger partial charge is 0.238 e. The molecule has 7 heteroatoms. The molecular formula is C26H29N3O4. The summed E-state index contributed by atoms with van der Waals surface area (Å²) in [6.45, 7) is 2.09. The van der Waals surface area contributed by atoms with Gasteiger partial charge in [-0.05, 0) is 61.0 Å². The molecule has 0 aliphatic rings. The van der Waals surface area contributed by atoms with Crippen molar-refractivity contribution >= 4 is 23.2 Å². The summed E-state index contributed by atoms with van der Waals surface area (Å²) in [5.41, 5.74) is 2.35. The summed E-state index contributed by atoms with van der Waals surface area (Å²) in [4.78, 5) is 27.4. The average molecular weight is 448 g/mol. The second-order valence-electron chi connectivity index (χ2n) is 7.54. The first-order chi connectivity index (χ1) is 16.0. The first-order valence-corrected chi connectivity index (χ1v) is 10.7. The number of anilines is 2. The van der Waals surface area contributed by atoms with Gasteiger partial charge in [0, 0.05) is 17.4 Å². The van der Waals surface area contributed by atoms with Crippen molar-refractivity contribution in [3.63, 3.8) is 0 Å². The van der Waals surface area contributed by atoms with Crippen LogP contribution in [0, 0.1) is 0 Å². The maximum Gasteiger partial charge on any atom is 0.238 e. The van der Waals surface area contributed by atoms with E-state index >= 15 is 0 Å². The first kappa shape index (κ1) is 23.8. The van der Waals surface area contributed by atoms with Crippen molar-refractivity contribution < 1.29 is 19.1 Å². The van der Waals surface area contributed by atoms with Crippen LogP contribution in [0.3, 0.4) is 0 Å². The Hall–Kier alpha value is -3.84. The Labute approximate surface area is 194 Å². The second kappa shape index (κ2) is 11.7. The molecule has 0 saturated heterocycles. The van der Waals surface area contributed by atoms with Crippen molar-refractivity contribution in [1.29, 1.82) is 0 Å². The number of amides is 2. The van der Waals surface area contributed by atoms with E-state index in [2.05, 4.69) is 10.6 Å². The highest BCUT2D eigenvalue weighted by Gasteiger charge is 2.22. The zero-order chi connectivity index (χ0) is 23.6. The quantitative estimate of drug-likeness (QED) is 0.483. The minimum Gasteiger partial charge on any atom is -0.497 e. The van der Waals surface area contributed by atoms with E-state index in [1.807, 2.05) is 42.2 Å². The lowest BCUT2D eigenvalue weighted by molar-refractivity contribution is -0.120. The number of nitrogens with one attached hydrogen (secondary N) is 2. The van der Waals surface area contributed by atoms with Crippen molar-refractivity contribution in [2.45, 2.75) is 13.0 Å². The Kier molecular flexibility index (Phi) is 8.43. The number of benzene rings is 3. The Morgan fingerprint density at radius 1 is 0.727 bits per heavy atom. The minimum atomic E-state index is -0.208. The molecule has 0 aliphatic heterocycles. The van der Waals surface area contributed by atoms with Crippen LogP contribution in [-0.4, -0.2) is 44.0 Å². The van der Waals surface area contributed by atoms with Gasteiger partial charge < -0.3 is 20.1 Å². The van der Waals surface area contributed by atoms with Crippen molar-refractivity contribution in [1.82, 2.24) is 4.90 Å². The highest BCUT2D eigenvalue weighted by molar-refractivity contribution is 5.94. The van der Waals surface area contributed by atoms with Gasteiger partial charge in [0.15, 0.2) is 0 Å². The number of methoxy groups -OCH3 is 2. The zero-order valence-corrected chi connectivity index (χ0v) is 19.1. The number of hydrogen-bond acceptors (Lipinski definition) is 5. The van der Waals surface area contributed by atoms with Crippen molar-refractivity contribution in [2.24, 2.45) is 0 Å². The van der Waals surface area contributed by atoms with Crippen LogP contribution in [0.1, 0.15) is 18.5 Å². The van der Waals surface area contributed by atoms with E-state index in [0.717, 1.165) is 5.56 Å². The summed E-state index contributed by atoms with van der Waals surface area (Å²) in [5.74, 6) is 1.01. The standard InChI is InChI=1S/C26H29N3O4/c1-19(20-7-5-4-6-8-20)29(17-25(30)27-21-9-13-23(32-2)14-10-21)18-26(31)28-22-11-15-24(33-3)16-12-22/h4-16,19H,17-18H2,1-3H3,(H,27,30)(H,28,31). The maximum absolute atomic E-state index is 12.8. The Balaban J connectivity index is 1.69. The van der Waals surface area contributed by atoms with Gasteiger partial charge in [0.25, 0.3) is 0 Å². The zero-order valence-electron chi connectivity index (χ0n) is 19.1. The van der Waals surface area contributed by atoms with Gasteiger partial charge in [-0.1, -0.05) is 30.3 Å². The predicted molar refractivity (Wildman–Crippen MR) is 130 cm³/mol. The van der Waals surface area contributed by atoms with E-state index in [9.17, 15) is 9.59 Å². The third kappa shape index (κ3) is 7.08. The molecule has 2 amide bonds. The number of nitrogens with zero attached hydrogens (tertiary/aromatic N) is 1. The van der Waals surface area contributed by atoms with Crippen molar-refractivity contribution in [3.8, 4) is 11.5 Å². The largest absolute Gasteiger partial charge is 0.497 e. The number of carbonyl (C=O) groups is 2. The molecule has 172 valence electrons. The average Bonchev–Trinajstić information content (AvgIpc) is 2.84. The van der Waals surface area contributed by atoms with Gasteiger partial charge in [-0.3, -0.25) is 14.5 Å². The fourth-order valence-electron chi connectivity index (χ4n) is 3.39. The molecule has 0 heterocycles. The molecule has 3 rings (SSSR count). The van der Waals surface area contributed by atoms with Crippen LogP contribution in [-0.2, 0) is 9.59 Å². The lowest BCUT2D eigenvalue weighted by Crippen LogP contribution is -2.40. The molecular weight excluding hydrogens is 418 g/mol. The number of hydrogen-bond donors (Lipinski definition) is 2. The third-order valence-corrected chi connectivity index (χ3v) is 5.27. The van der Waals surface area contributed by atoms with Crippen LogP contribution in [0.15, 0.2) is 78.9 Å². The van der Waals surface area contributed by atoms with Crippen LogP contribution in [0.2, 0.25) is 0 Å². The molecule has 1 atom stereocenters. The molecule has 0 aromatic heterocycles. The topological polar surface area (TPSA) is 79.9 Å². The van der Waals surface area contributed by atoms with E-state index < -0.39 is 0 Å². The fraction of sp³-hybridized carbons (Fsp3) is 0.231. The molecule has 0 aliphatic carbocycles. The van der Waals surface area contributed by atoms with E-state index in [4.69, 9.17) is 9.47 Å². The molecule has 1 unspecified atom stereocenters. The van der Waals surface area contributed by atoms with Crippen LogP contribution in [0.4, 0.5) is 11.4 Å². The van der Waals surface area contributed by atoms with Gasteiger partial charge >= 0.3 is 0 Å². The van der Waals surface area contributed by atoms with Crippen molar-refractivity contribution in [2.75, 3.05) is 37.9 Å². The molecule has 0 fully saturated rings. The monoisotopic (exact) mass is 447 g/mol. The highest BCUT2D eigenvalue weighted by atomic mass is 16.5.